The highest BCUT2D eigenvalue weighted by molar-refractivity contribution is 6.17. The zero-order valence-electron chi connectivity index (χ0n) is 13.2. The van der Waals surface area contributed by atoms with Crippen LogP contribution in [0.1, 0.15) is 39.4 Å². The molecule has 0 saturated heterocycles. The number of halogens is 1. The fourth-order valence-corrected chi connectivity index (χ4v) is 2.79. The standard InChI is InChI=1S/C17H25ClN2O/c1-4-21-15-9-5-8-14-17(15)19-16(10-11-18)20(14)12-6-7-13(2)3/h5,8-9,13H,4,6-7,10-12H2,1-3H3. The van der Waals surface area contributed by atoms with E-state index in [1.165, 1.54) is 6.42 Å². The first-order valence-corrected chi connectivity index (χ1v) is 8.37. The summed E-state index contributed by atoms with van der Waals surface area (Å²) in [5.74, 6) is 3.26. The lowest BCUT2D eigenvalue weighted by molar-refractivity contribution is 0.343. The quantitative estimate of drug-likeness (QED) is 0.664. The summed E-state index contributed by atoms with van der Waals surface area (Å²) in [6, 6.07) is 6.15. The Morgan fingerprint density at radius 3 is 2.81 bits per heavy atom. The number of imidazole rings is 1. The van der Waals surface area contributed by atoms with Crippen LogP contribution in [-0.4, -0.2) is 22.0 Å². The molecule has 0 N–H and O–H groups in total. The molecule has 0 fully saturated rings. The van der Waals surface area contributed by atoms with Gasteiger partial charge in [0.15, 0.2) is 0 Å². The van der Waals surface area contributed by atoms with E-state index in [0.717, 1.165) is 47.9 Å². The van der Waals surface area contributed by atoms with Gasteiger partial charge in [0.25, 0.3) is 0 Å². The van der Waals surface area contributed by atoms with Crippen molar-refractivity contribution in [1.82, 2.24) is 9.55 Å². The smallest absolute Gasteiger partial charge is 0.147 e. The number of para-hydroxylation sites is 1. The number of aryl methyl sites for hydroxylation is 2. The third-order valence-corrected chi connectivity index (χ3v) is 3.79. The van der Waals surface area contributed by atoms with Crippen LogP contribution in [0.3, 0.4) is 0 Å². The third kappa shape index (κ3) is 3.91. The van der Waals surface area contributed by atoms with Crippen molar-refractivity contribution >= 4 is 22.6 Å². The van der Waals surface area contributed by atoms with E-state index in [4.69, 9.17) is 21.3 Å². The van der Waals surface area contributed by atoms with E-state index < -0.39 is 0 Å². The van der Waals surface area contributed by atoms with Crippen LogP contribution < -0.4 is 4.74 Å². The number of ether oxygens (including phenoxy) is 1. The largest absolute Gasteiger partial charge is 0.492 e. The van der Waals surface area contributed by atoms with Gasteiger partial charge in [-0.25, -0.2) is 4.98 Å². The van der Waals surface area contributed by atoms with Gasteiger partial charge in [-0.15, -0.1) is 11.6 Å². The maximum Gasteiger partial charge on any atom is 0.147 e. The molecule has 1 heterocycles. The van der Waals surface area contributed by atoms with Crippen LogP contribution in [0.25, 0.3) is 11.0 Å². The highest BCUT2D eigenvalue weighted by Gasteiger charge is 2.13. The lowest BCUT2D eigenvalue weighted by Crippen LogP contribution is -2.05. The van der Waals surface area contributed by atoms with Crippen molar-refractivity contribution in [1.29, 1.82) is 0 Å². The molecule has 116 valence electrons. The van der Waals surface area contributed by atoms with E-state index in [-0.39, 0.29) is 0 Å². The number of aromatic nitrogens is 2. The van der Waals surface area contributed by atoms with Crippen LogP contribution in [0.4, 0.5) is 0 Å². The van der Waals surface area contributed by atoms with Gasteiger partial charge in [-0.3, -0.25) is 0 Å². The molecule has 0 radical (unpaired) electrons. The molecule has 3 nitrogen and oxygen atoms in total. The molecule has 1 aromatic heterocycles. The Labute approximate surface area is 132 Å². The van der Waals surface area contributed by atoms with Crippen molar-refractivity contribution in [3.05, 3.63) is 24.0 Å². The summed E-state index contributed by atoms with van der Waals surface area (Å²) in [5, 5.41) is 0. The average Bonchev–Trinajstić information content (AvgIpc) is 2.79. The molecule has 4 heteroatoms. The normalized spacial score (nSPS) is 11.5. The number of nitrogens with zero attached hydrogens (tertiary/aromatic N) is 2. The monoisotopic (exact) mass is 308 g/mol. The Bertz CT molecular complexity index is 577. The highest BCUT2D eigenvalue weighted by atomic mass is 35.5. The Kier molecular flexibility index (Phi) is 5.92. The van der Waals surface area contributed by atoms with Crippen LogP contribution in [-0.2, 0) is 13.0 Å². The fourth-order valence-electron chi connectivity index (χ4n) is 2.62. The number of fused-ring (bicyclic) bond motifs is 1. The first-order chi connectivity index (χ1) is 10.2. The first kappa shape index (κ1) is 16.2. The molecule has 2 aromatic rings. The van der Waals surface area contributed by atoms with Gasteiger partial charge < -0.3 is 9.30 Å². The second kappa shape index (κ2) is 7.69. The van der Waals surface area contributed by atoms with E-state index >= 15 is 0 Å². The second-order valence-corrected chi connectivity index (χ2v) is 6.09. The summed E-state index contributed by atoms with van der Waals surface area (Å²) in [5.41, 5.74) is 2.12. The lowest BCUT2D eigenvalue weighted by atomic mass is 10.1. The van der Waals surface area contributed by atoms with Gasteiger partial charge in [-0.05, 0) is 37.8 Å². The predicted octanol–water partition coefficient (Wildman–Crippen LogP) is 4.65. The average molecular weight is 309 g/mol. The van der Waals surface area contributed by atoms with Gasteiger partial charge in [0.1, 0.15) is 17.1 Å². The molecular weight excluding hydrogens is 284 g/mol. The summed E-state index contributed by atoms with van der Waals surface area (Å²) in [4.78, 5) is 4.77. The summed E-state index contributed by atoms with van der Waals surface area (Å²) < 4.78 is 8.01. The molecule has 0 saturated carbocycles. The first-order valence-electron chi connectivity index (χ1n) is 7.84. The maximum absolute atomic E-state index is 5.94. The van der Waals surface area contributed by atoms with Gasteiger partial charge in [0, 0.05) is 18.8 Å². The van der Waals surface area contributed by atoms with E-state index in [9.17, 15) is 0 Å². The zero-order valence-corrected chi connectivity index (χ0v) is 14.0. The highest BCUT2D eigenvalue weighted by Crippen LogP contribution is 2.27. The minimum Gasteiger partial charge on any atom is -0.492 e. The molecule has 0 aliphatic heterocycles. The van der Waals surface area contributed by atoms with Crippen molar-refractivity contribution in [2.45, 2.75) is 46.6 Å². The van der Waals surface area contributed by atoms with Crippen molar-refractivity contribution < 1.29 is 4.74 Å². The predicted molar refractivity (Wildman–Crippen MR) is 89.4 cm³/mol. The van der Waals surface area contributed by atoms with Crippen molar-refractivity contribution in [2.24, 2.45) is 5.92 Å². The number of alkyl halides is 1. The lowest BCUT2D eigenvalue weighted by Gasteiger charge is -2.10. The van der Waals surface area contributed by atoms with Crippen LogP contribution >= 0.6 is 11.6 Å². The molecule has 0 amide bonds. The molecule has 0 atom stereocenters. The molecule has 0 aliphatic rings. The van der Waals surface area contributed by atoms with Crippen LogP contribution in [0.2, 0.25) is 0 Å². The Hall–Kier alpha value is -1.22. The van der Waals surface area contributed by atoms with Crippen molar-refractivity contribution in [3.63, 3.8) is 0 Å². The van der Waals surface area contributed by atoms with Crippen LogP contribution in [0.5, 0.6) is 5.75 Å². The van der Waals surface area contributed by atoms with Crippen LogP contribution in [0.15, 0.2) is 18.2 Å². The Morgan fingerprint density at radius 1 is 1.33 bits per heavy atom. The maximum atomic E-state index is 5.94. The summed E-state index contributed by atoms with van der Waals surface area (Å²) >= 11 is 5.94. The molecule has 0 bridgehead atoms. The second-order valence-electron chi connectivity index (χ2n) is 5.71. The molecule has 2 rings (SSSR count). The topological polar surface area (TPSA) is 27.1 Å². The van der Waals surface area contributed by atoms with Gasteiger partial charge in [0.2, 0.25) is 0 Å². The van der Waals surface area contributed by atoms with E-state index in [0.29, 0.717) is 12.5 Å². The third-order valence-electron chi connectivity index (χ3n) is 3.60. The molecular formula is C17H25ClN2O. The minimum absolute atomic E-state index is 0.595. The summed E-state index contributed by atoms with van der Waals surface area (Å²) in [6.45, 7) is 8.18. The van der Waals surface area contributed by atoms with Crippen molar-refractivity contribution in [2.75, 3.05) is 12.5 Å². The zero-order chi connectivity index (χ0) is 15.2. The number of rotatable bonds is 8. The van der Waals surface area contributed by atoms with Crippen molar-refractivity contribution in [3.8, 4) is 5.75 Å². The fraction of sp³-hybridized carbons (Fsp3) is 0.588. The van der Waals surface area contributed by atoms with E-state index in [1.54, 1.807) is 0 Å². The van der Waals surface area contributed by atoms with E-state index in [1.807, 2.05) is 19.1 Å². The van der Waals surface area contributed by atoms with Gasteiger partial charge in [0.05, 0.1) is 12.1 Å². The SMILES string of the molecule is CCOc1cccc2c1nc(CCCl)n2CCCC(C)C. The van der Waals surface area contributed by atoms with Gasteiger partial charge in [-0.2, -0.15) is 0 Å². The molecule has 21 heavy (non-hydrogen) atoms. The Balaban J connectivity index is 2.35. The molecule has 0 aliphatic carbocycles. The minimum atomic E-state index is 0.595. The molecule has 0 unspecified atom stereocenters. The summed E-state index contributed by atoms with van der Waals surface area (Å²) in [6.07, 6.45) is 3.19. The van der Waals surface area contributed by atoms with Crippen LogP contribution in [0, 0.1) is 5.92 Å². The molecule has 1 aromatic carbocycles. The van der Waals surface area contributed by atoms with E-state index in [2.05, 4.69) is 24.5 Å². The van der Waals surface area contributed by atoms with Gasteiger partial charge >= 0.3 is 0 Å². The van der Waals surface area contributed by atoms with Gasteiger partial charge in [-0.1, -0.05) is 19.9 Å². The Morgan fingerprint density at radius 2 is 2.14 bits per heavy atom. The number of benzene rings is 1. The number of hydrogen-bond donors (Lipinski definition) is 0. The number of hydrogen-bond acceptors (Lipinski definition) is 2. The summed E-state index contributed by atoms with van der Waals surface area (Å²) in [7, 11) is 0. The molecule has 0 spiro atoms.